The Morgan fingerprint density at radius 3 is 2.12 bits per heavy atom. The van der Waals surface area contributed by atoms with Crippen molar-refractivity contribution >= 4 is 22.3 Å². The molecule has 0 aliphatic heterocycles. The summed E-state index contributed by atoms with van der Waals surface area (Å²) in [5, 5.41) is 19.6. The predicted octanol–water partition coefficient (Wildman–Crippen LogP) is 7.27. The fourth-order valence-corrected chi connectivity index (χ4v) is 4.05. The fourth-order valence-electron chi connectivity index (χ4n) is 4.05. The molecule has 0 aliphatic carbocycles. The van der Waals surface area contributed by atoms with Crippen molar-refractivity contribution in [1.82, 2.24) is 4.98 Å². The van der Waals surface area contributed by atoms with Gasteiger partial charge >= 0.3 is 0 Å². The van der Waals surface area contributed by atoms with Crippen LogP contribution in [0.3, 0.4) is 0 Å². The van der Waals surface area contributed by atoms with Gasteiger partial charge in [0, 0.05) is 29.0 Å². The summed E-state index contributed by atoms with van der Waals surface area (Å²) in [6, 6.07) is 24.4. The number of ether oxygens (including phenoxy) is 2. The number of pyridine rings is 1. The second-order valence-corrected chi connectivity index (χ2v) is 9.49. The van der Waals surface area contributed by atoms with Gasteiger partial charge in [-0.3, -0.25) is 4.98 Å². The minimum atomic E-state index is 0.312. The van der Waals surface area contributed by atoms with Gasteiger partial charge in [0.05, 0.1) is 11.1 Å². The number of nitrogens with zero attached hydrogens (tertiary/aromatic N) is 2. The third-order valence-electron chi connectivity index (χ3n) is 6.96. The average Bonchev–Trinajstić information content (AvgIpc) is 2.97. The standard InChI is InChI=1S/C25H21N3O2.C8H11NO/c1-16-17(2)23(9-8-21(16)27)30-24-10-11-28-22-13-25(19(14-26)12-20(22)24)29-15-18-6-4-3-5-7-18;1-5-6(2)8(10)4-3-7(5)9/h3-13H,15,27H2,1-2H3;3-4,10H,9H2,1-2H3. The number of benzene rings is 4. The van der Waals surface area contributed by atoms with Crippen LogP contribution in [-0.2, 0) is 6.61 Å². The monoisotopic (exact) mass is 532 g/mol. The third-order valence-corrected chi connectivity index (χ3v) is 6.96. The minimum absolute atomic E-state index is 0.312. The van der Waals surface area contributed by atoms with Gasteiger partial charge in [-0.2, -0.15) is 5.26 Å². The minimum Gasteiger partial charge on any atom is -0.508 e. The van der Waals surface area contributed by atoms with Crippen LogP contribution in [0.4, 0.5) is 11.4 Å². The molecule has 0 spiro atoms. The summed E-state index contributed by atoms with van der Waals surface area (Å²) in [7, 11) is 0. The molecule has 5 aromatic rings. The molecule has 0 atom stereocenters. The highest BCUT2D eigenvalue weighted by atomic mass is 16.5. The molecule has 0 fully saturated rings. The number of phenolic OH excluding ortho intramolecular Hbond substituents is 1. The van der Waals surface area contributed by atoms with Crippen molar-refractivity contribution in [2.75, 3.05) is 11.5 Å². The van der Waals surface area contributed by atoms with Crippen LogP contribution in [0.2, 0.25) is 0 Å². The molecule has 40 heavy (non-hydrogen) atoms. The summed E-state index contributed by atoms with van der Waals surface area (Å²) in [4.78, 5) is 4.44. The quantitative estimate of drug-likeness (QED) is 0.160. The van der Waals surface area contributed by atoms with Gasteiger partial charge in [0.1, 0.15) is 35.7 Å². The van der Waals surface area contributed by atoms with Gasteiger partial charge < -0.3 is 26.0 Å². The highest BCUT2D eigenvalue weighted by Gasteiger charge is 2.13. The van der Waals surface area contributed by atoms with E-state index in [1.807, 2.05) is 70.2 Å². The lowest BCUT2D eigenvalue weighted by Gasteiger charge is -2.15. The molecular formula is C33H32N4O3. The molecule has 1 heterocycles. The second kappa shape index (κ2) is 12.1. The largest absolute Gasteiger partial charge is 0.508 e. The number of aromatic nitrogens is 1. The summed E-state index contributed by atoms with van der Waals surface area (Å²) < 4.78 is 12.1. The molecular weight excluding hydrogens is 500 g/mol. The lowest BCUT2D eigenvalue weighted by atomic mass is 10.1. The van der Waals surface area contributed by atoms with E-state index in [0.717, 1.165) is 50.3 Å². The molecule has 0 saturated carbocycles. The number of fused-ring (bicyclic) bond motifs is 1. The first-order valence-electron chi connectivity index (χ1n) is 12.8. The fraction of sp³-hybridized carbons (Fsp3) is 0.152. The van der Waals surface area contributed by atoms with Crippen LogP contribution in [-0.4, -0.2) is 10.1 Å². The smallest absolute Gasteiger partial charge is 0.139 e. The van der Waals surface area contributed by atoms with Crippen LogP contribution >= 0.6 is 0 Å². The number of anilines is 2. The van der Waals surface area contributed by atoms with E-state index in [1.165, 1.54) is 0 Å². The summed E-state index contributed by atoms with van der Waals surface area (Å²) >= 11 is 0. The number of nitrogen functional groups attached to an aromatic ring is 2. The van der Waals surface area contributed by atoms with Gasteiger partial charge in [0.2, 0.25) is 0 Å². The summed E-state index contributed by atoms with van der Waals surface area (Å²) in [5.41, 5.74) is 19.0. The Hall–Kier alpha value is -5.22. The Morgan fingerprint density at radius 2 is 1.45 bits per heavy atom. The number of nitrogens with two attached hydrogens (primary N) is 2. The molecule has 5 N–H and O–H groups in total. The number of hydrogen-bond acceptors (Lipinski definition) is 7. The van der Waals surface area contributed by atoms with E-state index < -0.39 is 0 Å². The van der Waals surface area contributed by atoms with E-state index in [2.05, 4.69) is 11.1 Å². The zero-order chi connectivity index (χ0) is 28.8. The van der Waals surface area contributed by atoms with Gasteiger partial charge in [0.25, 0.3) is 0 Å². The normalized spacial score (nSPS) is 10.4. The SMILES string of the molecule is Cc1c(N)ccc(O)c1C.Cc1c(N)ccc(Oc2ccnc3cc(OCc4ccccc4)c(C#N)cc23)c1C. The number of phenols is 1. The van der Waals surface area contributed by atoms with Crippen molar-refractivity contribution in [3.05, 3.63) is 112 Å². The van der Waals surface area contributed by atoms with E-state index in [-0.39, 0.29) is 0 Å². The lowest BCUT2D eigenvalue weighted by molar-refractivity contribution is 0.305. The maximum absolute atomic E-state index is 9.66. The highest BCUT2D eigenvalue weighted by molar-refractivity contribution is 5.88. The van der Waals surface area contributed by atoms with Crippen molar-refractivity contribution in [2.24, 2.45) is 0 Å². The molecule has 7 heteroatoms. The Labute approximate surface area is 234 Å². The number of rotatable bonds is 5. The second-order valence-electron chi connectivity index (χ2n) is 9.49. The lowest BCUT2D eigenvalue weighted by Crippen LogP contribution is -1.99. The van der Waals surface area contributed by atoms with E-state index in [0.29, 0.717) is 34.9 Å². The van der Waals surface area contributed by atoms with Gasteiger partial charge in [-0.15, -0.1) is 0 Å². The van der Waals surface area contributed by atoms with Crippen LogP contribution in [0.25, 0.3) is 10.9 Å². The van der Waals surface area contributed by atoms with Crippen molar-refractivity contribution in [1.29, 1.82) is 5.26 Å². The molecule has 0 saturated heterocycles. The average molecular weight is 533 g/mol. The molecule has 0 unspecified atom stereocenters. The summed E-state index contributed by atoms with van der Waals surface area (Å²) in [5.74, 6) is 2.15. The first-order valence-corrected chi connectivity index (χ1v) is 12.8. The van der Waals surface area contributed by atoms with Crippen molar-refractivity contribution in [3.8, 4) is 29.1 Å². The van der Waals surface area contributed by atoms with Crippen LogP contribution in [0, 0.1) is 39.0 Å². The Balaban J connectivity index is 0.000000312. The van der Waals surface area contributed by atoms with E-state index in [4.69, 9.17) is 26.0 Å². The van der Waals surface area contributed by atoms with E-state index in [9.17, 15) is 5.26 Å². The molecule has 0 radical (unpaired) electrons. The Kier molecular flexibility index (Phi) is 8.41. The van der Waals surface area contributed by atoms with E-state index >= 15 is 0 Å². The molecule has 7 nitrogen and oxygen atoms in total. The zero-order valence-corrected chi connectivity index (χ0v) is 23.0. The maximum atomic E-state index is 9.66. The number of hydrogen-bond donors (Lipinski definition) is 3. The zero-order valence-electron chi connectivity index (χ0n) is 23.0. The number of nitriles is 1. The molecule has 5 rings (SSSR count). The van der Waals surface area contributed by atoms with Crippen molar-refractivity contribution in [3.63, 3.8) is 0 Å². The molecule has 0 amide bonds. The van der Waals surface area contributed by atoms with Gasteiger partial charge in [-0.25, -0.2) is 0 Å². The van der Waals surface area contributed by atoms with Gasteiger partial charge in [-0.1, -0.05) is 30.3 Å². The first-order chi connectivity index (χ1) is 19.2. The Bertz CT molecular complexity index is 1680. The van der Waals surface area contributed by atoms with Crippen LogP contribution in [0.15, 0.2) is 79.0 Å². The van der Waals surface area contributed by atoms with E-state index in [1.54, 1.807) is 36.5 Å². The molecule has 202 valence electrons. The maximum Gasteiger partial charge on any atom is 0.139 e. The molecule has 0 aliphatic rings. The van der Waals surface area contributed by atoms with Crippen molar-refractivity contribution in [2.45, 2.75) is 34.3 Å². The van der Waals surface area contributed by atoms with Gasteiger partial charge in [-0.05, 0) is 91.9 Å². The van der Waals surface area contributed by atoms with Gasteiger partial charge in [0.15, 0.2) is 0 Å². The Morgan fingerprint density at radius 1 is 0.775 bits per heavy atom. The number of aromatic hydroxyl groups is 1. The highest BCUT2D eigenvalue weighted by Crippen LogP contribution is 2.35. The topological polar surface area (TPSA) is 127 Å². The predicted molar refractivity (Wildman–Crippen MR) is 160 cm³/mol. The summed E-state index contributed by atoms with van der Waals surface area (Å²) in [6.07, 6.45) is 1.68. The molecule has 1 aromatic heterocycles. The van der Waals surface area contributed by atoms with Crippen LogP contribution in [0.1, 0.15) is 33.4 Å². The molecule has 0 bridgehead atoms. The summed E-state index contributed by atoms with van der Waals surface area (Å²) in [6.45, 7) is 8.06. The molecule has 4 aromatic carbocycles. The van der Waals surface area contributed by atoms with Crippen LogP contribution in [0.5, 0.6) is 23.0 Å². The third kappa shape index (κ3) is 6.08. The first kappa shape index (κ1) is 27.8. The van der Waals surface area contributed by atoms with Crippen LogP contribution < -0.4 is 20.9 Å². The van der Waals surface area contributed by atoms with Crippen molar-refractivity contribution < 1.29 is 14.6 Å².